The molecular weight excluding hydrogens is 458 g/mol. The molecule has 1 aromatic rings. The van der Waals surface area contributed by atoms with E-state index < -0.39 is 25.4 Å². The van der Waals surface area contributed by atoms with Crippen molar-refractivity contribution in [3.05, 3.63) is 52.6 Å². The van der Waals surface area contributed by atoms with Crippen molar-refractivity contribution in [2.45, 2.75) is 64.1 Å². The van der Waals surface area contributed by atoms with Gasteiger partial charge in [-0.2, -0.15) is 0 Å². The number of nitro benzene ring substituents is 1. The Morgan fingerprint density at radius 3 is 2.47 bits per heavy atom. The number of non-ortho nitro benzene ring substituents is 1. The quantitative estimate of drug-likeness (QED) is 0.231. The van der Waals surface area contributed by atoms with E-state index in [9.17, 15) is 19.7 Å². The van der Waals surface area contributed by atoms with Crippen LogP contribution in [-0.4, -0.2) is 62.2 Å². The lowest BCUT2D eigenvalue weighted by molar-refractivity contribution is -0.384. The molecule has 11 heteroatoms. The Morgan fingerprint density at radius 2 is 1.91 bits per heavy atom. The highest BCUT2D eigenvalue weighted by atomic mass is 28.4. The minimum atomic E-state index is -2.07. The Labute approximate surface area is 201 Å². The minimum absolute atomic E-state index is 0.0130. The highest BCUT2D eigenvalue weighted by Crippen LogP contribution is 2.39. The van der Waals surface area contributed by atoms with E-state index in [4.69, 9.17) is 13.9 Å². The standard InChI is InChI=1S/C23H35N3O7Si/c1-7-12-31-21(27)24-14-19-13-20(33-34(5,6)23(2,3)4)15-25(19)22(28)32-16-17-8-10-18(11-9-17)26(29)30/h7-11,19-20H,1,12-16H2,2-6H3,(H,24,27)/t19-,20+/m0/s1. The van der Waals surface area contributed by atoms with Crippen LogP contribution in [0.4, 0.5) is 15.3 Å². The molecule has 0 spiro atoms. The fourth-order valence-electron chi connectivity index (χ4n) is 3.30. The van der Waals surface area contributed by atoms with Crippen molar-refractivity contribution in [3.8, 4) is 0 Å². The molecule has 34 heavy (non-hydrogen) atoms. The Kier molecular flexibility index (Phi) is 9.22. The summed E-state index contributed by atoms with van der Waals surface area (Å²) in [7, 11) is -2.07. The van der Waals surface area contributed by atoms with Crippen molar-refractivity contribution in [1.29, 1.82) is 0 Å². The molecule has 2 rings (SSSR count). The van der Waals surface area contributed by atoms with Crippen LogP contribution in [0.5, 0.6) is 0 Å². The van der Waals surface area contributed by atoms with Crippen LogP contribution in [-0.2, 0) is 20.5 Å². The molecule has 1 aliphatic heterocycles. The molecule has 0 aliphatic carbocycles. The van der Waals surface area contributed by atoms with E-state index >= 15 is 0 Å². The van der Waals surface area contributed by atoms with Gasteiger partial charge in [0, 0.05) is 25.2 Å². The molecule has 0 radical (unpaired) electrons. The third-order valence-electron chi connectivity index (χ3n) is 6.20. The van der Waals surface area contributed by atoms with Crippen LogP contribution in [0.3, 0.4) is 0 Å². The lowest BCUT2D eigenvalue weighted by Gasteiger charge is -2.38. The van der Waals surface area contributed by atoms with Gasteiger partial charge in [0.25, 0.3) is 5.69 Å². The fourth-order valence-corrected chi connectivity index (χ4v) is 4.66. The molecule has 0 bridgehead atoms. The second-order valence-electron chi connectivity index (χ2n) is 9.79. The van der Waals surface area contributed by atoms with Gasteiger partial charge in [0.2, 0.25) is 0 Å². The first-order valence-corrected chi connectivity index (χ1v) is 14.1. The summed E-state index contributed by atoms with van der Waals surface area (Å²) in [6, 6.07) is 5.50. The molecule has 0 unspecified atom stereocenters. The fraction of sp³-hybridized carbons (Fsp3) is 0.565. The van der Waals surface area contributed by atoms with E-state index in [1.165, 1.54) is 18.2 Å². The summed E-state index contributed by atoms with van der Waals surface area (Å²) in [6.45, 7) is 14.9. The molecule has 2 atom stereocenters. The van der Waals surface area contributed by atoms with Crippen molar-refractivity contribution in [1.82, 2.24) is 10.2 Å². The minimum Gasteiger partial charge on any atom is -0.445 e. The topological polar surface area (TPSA) is 120 Å². The largest absolute Gasteiger partial charge is 0.445 e. The van der Waals surface area contributed by atoms with E-state index in [1.54, 1.807) is 17.0 Å². The van der Waals surface area contributed by atoms with Gasteiger partial charge in [0.15, 0.2) is 8.32 Å². The summed E-state index contributed by atoms with van der Waals surface area (Å²) in [6.07, 6.45) is 0.726. The maximum atomic E-state index is 12.9. The van der Waals surface area contributed by atoms with E-state index in [0.29, 0.717) is 18.5 Å². The van der Waals surface area contributed by atoms with Crippen LogP contribution in [0, 0.1) is 10.1 Å². The number of carbonyl (C=O) groups excluding carboxylic acids is 2. The first-order valence-electron chi connectivity index (χ1n) is 11.2. The van der Waals surface area contributed by atoms with E-state index in [2.05, 4.69) is 45.8 Å². The molecule has 1 aliphatic rings. The number of rotatable bonds is 9. The predicted octanol–water partition coefficient (Wildman–Crippen LogP) is 4.61. The summed E-state index contributed by atoms with van der Waals surface area (Å²) in [5.74, 6) is 0. The zero-order valence-electron chi connectivity index (χ0n) is 20.5. The number of ether oxygens (including phenoxy) is 2. The monoisotopic (exact) mass is 493 g/mol. The lowest BCUT2D eigenvalue weighted by atomic mass is 10.2. The normalized spacial score (nSPS) is 18.3. The molecular formula is C23H35N3O7Si. The van der Waals surface area contributed by atoms with Gasteiger partial charge in [-0.3, -0.25) is 10.1 Å². The maximum absolute atomic E-state index is 12.9. The van der Waals surface area contributed by atoms with Gasteiger partial charge in [0.1, 0.15) is 13.2 Å². The van der Waals surface area contributed by atoms with Crippen LogP contribution in [0.1, 0.15) is 32.8 Å². The van der Waals surface area contributed by atoms with Crippen molar-refractivity contribution in [2.75, 3.05) is 19.7 Å². The Bertz CT molecular complexity index is 884. The van der Waals surface area contributed by atoms with Crippen molar-refractivity contribution < 1.29 is 28.4 Å². The number of amides is 2. The molecule has 0 aromatic heterocycles. The second-order valence-corrected chi connectivity index (χ2v) is 14.5. The molecule has 2 amide bonds. The number of nitrogens with one attached hydrogen (secondary N) is 1. The second kappa shape index (κ2) is 11.5. The smallest absolute Gasteiger partial charge is 0.410 e. The number of carbonyl (C=O) groups is 2. The third-order valence-corrected chi connectivity index (χ3v) is 10.7. The Morgan fingerprint density at radius 1 is 1.26 bits per heavy atom. The molecule has 1 saturated heterocycles. The number of benzene rings is 1. The van der Waals surface area contributed by atoms with Crippen LogP contribution in [0.25, 0.3) is 0 Å². The molecule has 10 nitrogen and oxygen atoms in total. The molecule has 188 valence electrons. The van der Waals surface area contributed by atoms with E-state index in [1.807, 2.05) is 0 Å². The molecule has 1 heterocycles. The Hall–Kier alpha value is -2.92. The Balaban J connectivity index is 2.05. The van der Waals surface area contributed by atoms with Crippen LogP contribution in [0.2, 0.25) is 18.1 Å². The number of alkyl carbamates (subject to hydrolysis) is 1. The SMILES string of the molecule is C=CCOC(=O)NC[C@@H]1C[C@@H](O[Si](C)(C)C(C)(C)C)CN1C(=O)OCc1ccc([N+](=O)[O-])cc1. The van der Waals surface area contributed by atoms with Crippen LogP contribution in [0.15, 0.2) is 36.9 Å². The van der Waals surface area contributed by atoms with Crippen molar-refractivity contribution in [2.24, 2.45) is 0 Å². The first-order chi connectivity index (χ1) is 15.8. The van der Waals surface area contributed by atoms with Gasteiger partial charge in [-0.25, -0.2) is 9.59 Å². The van der Waals surface area contributed by atoms with Crippen LogP contribution < -0.4 is 5.32 Å². The zero-order valence-corrected chi connectivity index (χ0v) is 21.5. The summed E-state index contributed by atoms with van der Waals surface area (Å²) in [4.78, 5) is 36.7. The highest BCUT2D eigenvalue weighted by Gasteiger charge is 2.44. The molecule has 1 fully saturated rings. The molecule has 0 saturated carbocycles. The van der Waals surface area contributed by atoms with Crippen LogP contribution >= 0.6 is 0 Å². The van der Waals surface area contributed by atoms with Gasteiger partial charge < -0.3 is 24.1 Å². The van der Waals surface area contributed by atoms with E-state index in [0.717, 1.165) is 0 Å². The summed E-state index contributed by atoms with van der Waals surface area (Å²) in [5.41, 5.74) is 0.601. The number of hydrogen-bond donors (Lipinski definition) is 1. The zero-order chi connectivity index (χ0) is 25.5. The van der Waals surface area contributed by atoms with Gasteiger partial charge in [0.05, 0.1) is 17.1 Å². The number of nitro groups is 1. The maximum Gasteiger partial charge on any atom is 0.410 e. The lowest BCUT2D eigenvalue weighted by Crippen LogP contribution is -2.45. The summed E-state index contributed by atoms with van der Waals surface area (Å²) in [5, 5.41) is 13.5. The summed E-state index contributed by atoms with van der Waals surface area (Å²) < 4.78 is 16.9. The van der Waals surface area contributed by atoms with Crippen molar-refractivity contribution >= 4 is 26.2 Å². The number of nitrogens with zero attached hydrogens (tertiary/aromatic N) is 2. The first kappa shape index (κ1) is 27.3. The van der Waals surface area contributed by atoms with Crippen molar-refractivity contribution in [3.63, 3.8) is 0 Å². The van der Waals surface area contributed by atoms with Gasteiger partial charge >= 0.3 is 12.2 Å². The number of likely N-dealkylation sites (tertiary alicyclic amines) is 1. The van der Waals surface area contributed by atoms with Gasteiger partial charge in [-0.1, -0.05) is 33.4 Å². The predicted molar refractivity (Wildman–Crippen MR) is 130 cm³/mol. The highest BCUT2D eigenvalue weighted by molar-refractivity contribution is 6.74. The summed E-state index contributed by atoms with van der Waals surface area (Å²) >= 11 is 0. The van der Waals surface area contributed by atoms with Gasteiger partial charge in [-0.15, -0.1) is 0 Å². The molecule has 1 N–H and O–H groups in total. The van der Waals surface area contributed by atoms with E-state index in [-0.39, 0.29) is 42.6 Å². The average molecular weight is 494 g/mol. The average Bonchev–Trinajstić information content (AvgIpc) is 3.16. The number of hydrogen-bond acceptors (Lipinski definition) is 7. The molecule has 1 aromatic carbocycles. The third kappa shape index (κ3) is 7.56. The van der Waals surface area contributed by atoms with Gasteiger partial charge in [-0.05, 0) is 42.2 Å².